The van der Waals surface area contributed by atoms with Crippen LogP contribution >= 0.6 is 0 Å². The topological polar surface area (TPSA) is 203 Å². The molecule has 7 fully saturated rings. The lowest BCUT2D eigenvalue weighted by Crippen LogP contribution is -2.67. The van der Waals surface area contributed by atoms with Crippen molar-refractivity contribution in [1.29, 1.82) is 0 Å². The molecule has 6 N–H and O–H groups in total. The number of hydrogen-bond acceptors (Lipinski definition) is 14. The maximum absolute atomic E-state index is 12.6. The molecule has 4 heterocycles. The van der Waals surface area contributed by atoms with Crippen LogP contribution in [0.15, 0.2) is 11.6 Å². The molecule has 4 aliphatic carbocycles. The van der Waals surface area contributed by atoms with E-state index in [0.29, 0.717) is 18.8 Å². The van der Waals surface area contributed by atoms with Crippen LogP contribution in [0.2, 0.25) is 0 Å². The number of ether oxygens (including phenoxy) is 7. The summed E-state index contributed by atoms with van der Waals surface area (Å²) in [6, 6.07) is 0. The molecular weight excluding hydrogens is 716 g/mol. The summed E-state index contributed by atoms with van der Waals surface area (Å²) in [6.07, 6.45) is -1.51. The predicted octanol–water partition coefficient (Wildman–Crippen LogP) is 2.22. The molecule has 14 heteroatoms. The highest BCUT2D eigenvalue weighted by molar-refractivity contribution is 5.85. The first-order valence-corrected chi connectivity index (χ1v) is 20.9. The van der Waals surface area contributed by atoms with Crippen LogP contribution in [-0.2, 0) is 38.0 Å². The summed E-state index contributed by atoms with van der Waals surface area (Å²) in [5.41, 5.74) is -0.892. The molecule has 8 rings (SSSR count). The average molecular weight is 781 g/mol. The maximum Gasteiger partial charge on any atom is 0.331 e. The Morgan fingerprint density at radius 1 is 0.691 bits per heavy atom. The first-order chi connectivity index (χ1) is 26.0. The Morgan fingerprint density at radius 3 is 1.87 bits per heavy atom. The number of carbonyl (C=O) groups is 1. The molecule has 0 aromatic carbocycles. The molecule has 0 radical (unpaired) electrons. The Morgan fingerprint density at radius 2 is 1.29 bits per heavy atom. The van der Waals surface area contributed by atoms with Crippen molar-refractivity contribution in [2.24, 2.45) is 34.5 Å². The first kappa shape index (κ1) is 40.5. The van der Waals surface area contributed by atoms with Crippen molar-refractivity contribution in [3.05, 3.63) is 11.6 Å². The molecule has 0 aromatic rings. The van der Waals surface area contributed by atoms with E-state index in [1.165, 1.54) is 0 Å². The minimum absolute atomic E-state index is 0.0452. The molecular formula is C41H64O14. The van der Waals surface area contributed by atoms with Gasteiger partial charge in [-0.05, 0) is 107 Å². The third kappa shape index (κ3) is 6.95. The Balaban J connectivity index is 0.837. The van der Waals surface area contributed by atoms with Crippen molar-refractivity contribution in [2.75, 3.05) is 6.61 Å². The summed E-state index contributed by atoms with van der Waals surface area (Å²) in [6.45, 7) is 9.90. The zero-order chi connectivity index (χ0) is 39.2. The number of carbonyl (C=O) groups excluding carboxylic acids is 1. The van der Waals surface area contributed by atoms with Crippen molar-refractivity contribution in [3.63, 3.8) is 0 Å². The highest BCUT2D eigenvalue weighted by Crippen LogP contribution is 2.70. The molecule has 0 amide bonds. The molecule has 0 spiro atoms. The summed E-state index contributed by atoms with van der Waals surface area (Å²) in [4.78, 5) is 11.9. The van der Waals surface area contributed by atoms with E-state index in [4.69, 9.17) is 33.2 Å². The molecule has 4 saturated carbocycles. The van der Waals surface area contributed by atoms with Crippen LogP contribution in [0.5, 0.6) is 0 Å². The van der Waals surface area contributed by atoms with Gasteiger partial charge in [0.25, 0.3) is 0 Å². The number of aliphatic hydroxyl groups is 6. The molecule has 312 valence electrons. The zero-order valence-electron chi connectivity index (χ0n) is 32.9. The van der Waals surface area contributed by atoms with Gasteiger partial charge in [-0.1, -0.05) is 13.8 Å². The van der Waals surface area contributed by atoms with Gasteiger partial charge in [0.15, 0.2) is 18.9 Å². The number of esters is 1. The van der Waals surface area contributed by atoms with Gasteiger partial charge in [-0.2, -0.15) is 0 Å². The van der Waals surface area contributed by atoms with Crippen LogP contribution in [-0.4, -0.2) is 135 Å². The van der Waals surface area contributed by atoms with Gasteiger partial charge in [-0.3, -0.25) is 0 Å². The number of cyclic esters (lactones) is 1. The molecule has 3 saturated heterocycles. The molecule has 0 bridgehead atoms. The van der Waals surface area contributed by atoms with Gasteiger partial charge >= 0.3 is 5.97 Å². The third-order valence-corrected chi connectivity index (χ3v) is 16.0. The molecule has 8 aliphatic rings. The SMILES string of the molecule is C[C@H]1OC(O[C@H]2[C@@H](O)CC(O[C@H]3[C@@H](O)C[C@H](O[C@H]4CC[C@@]5(C)C(CCC6C5C[C@@H](O)[C@]5(C)[C@@H](C7=CC(=O)OC7)CC[C@]65O)C4)O[C@@H]3C)O[C@@H]2C)C[C@H](O)[C@@H]1O. The van der Waals surface area contributed by atoms with Crippen LogP contribution < -0.4 is 0 Å². The highest BCUT2D eigenvalue weighted by Gasteiger charge is 2.71. The summed E-state index contributed by atoms with van der Waals surface area (Å²) in [5.74, 6) is 0.204. The predicted molar refractivity (Wildman–Crippen MR) is 193 cm³/mol. The lowest BCUT2D eigenvalue weighted by molar-refractivity contribution is -0.336. The van der Waals surface area contributed by atoms with Crippen LogP contribution in [0.1, 0.15) is 105 Å². The molecule has 0 aromatic heterocycles. The van der Waals surface area contributed by atoms with E-state index in [-0.39, 0.29) is 61.1 Å². The quantitative estimate of drug-likeness (QED) is 0.162. The van der Waals surface area contributed by atoms with Gasteiger partial charge < -0.3 is 63.8 Å². The largest absolute Gasteiger partial charge is 0.458 e. The summed E-state index contributed by atoms with van der Waals surface area (Å²) in [7, 11) is 0. The van der Waals surface area contributed by atoms with Crippen molar-refractivity contribution >= 4 is 5.97 Å². The van der Waals surface area contributed by atoms with E-state index >= 15 is 0 Å². The Hall–Kier alpha value is -1.27. The second-order valence-electron chi connectivity index (χ2n) is 18.8. The Kier molecular flexibility index (Phi) is 11.1. The van der Waals surface area contributed by atoms with E-state index in [1.54, 1.807) is 19.9 Å². The van der Waals surface area contributed by atoms with E-state index in [0.717, 1.165) is 44.1 Å². The average Bonchev–Trinajstić information content (AvgIpc) is 3.67. The first-order valence-electron chi connectivity index (χ1n) is 20.9. The van der Waals surface area contributed by atoms with Gasteiger partial charge in [0.1, 0.15) is 24.9 Å². The van der Waals surface area contributed by atoms with Crippen LogP contribution in [0.4, 0.5) is 0 Å². The van der Waals surface area contributed by atoms with E-state index in [2.05, 4.69) is 6.92 Å². The summed E-state index contributed by atoms with van der Waals surface area (Å²) < 4.78 is 42.1. The fourth-order valence-electron chi connectivity index (χ4n) is 12.8. The zero-order valence-corrected chi connectivity index (χ0v) is 32.9. The lowest BCUT2D eigenvalue weighted by Gasteiger charge is -2.65. The standard InChI is InChI=1S/C41H64O14/c1-19-36(47)28(42)15-34(50-19)54-38-21(3)52-35(17-30(38)44)55-37-20(2)51-33(16-29(37)43)53-24-8-10-39(4)23(13-24)6-7-26-27(39)14-31(45)40(5)25(9-11-41(26,40)48)22-12-32(46)49-18-22/h12,19-21,23-31,33-38,42-45,47-48H,6-11,13-18H2,1-5H3/t19-,20-,21-,23?,24+,25-,26?,27?,28+,29+,30+,31-,33+,34?,35?,36-,37-,38-,39+,40+,41+/m1/s1. The fourth-order valence-corrected chi connectivity index (χ4v) is 12.8. The van der Waals surface area contributed by atoms with Gasteiger partial charge in [0.05, 0.1) is 54.4 Å². The third-order valence-electron chi connectivity index (χ3n) is 16.0. The van der Waals surface area contributed by atoms with Gasteiger partial charge in [0, 0.05) is 30.8 Å². The van der Waals surface area contributed by atoms with Gasteiger partial charge in [0.2, 0.25) is 0 Å². The lowest BCUT2D eigenvalue weighted by atomic mass is 9.42. The van der Waals surface area contributed by atoms with Crippen LogP contribution in [0.3, 0.4) is 0 Å². The number of hydrogen-bond donors (Lipinski definition) is 6. The molecule has 4 aliphatic heterocycles. The fraction of sp³-hybridized carbons (Fsp3) is 0.927. The smallest absolute Gasteiger partial charge is 0.331 e. The van der Waals surface area contributed by atoms with Crippen LogP contribution in [0.25, 0.3) is 0 Å². The number of fused-ring (bicyclic) bond motifs is 5. The van der Waals surface area contributed by atoms with E-state index in [9.17, 15) is 35.4 Å². The Bertz CT molecular complexity index is 1410. The maximum atomic E-state index is 12.6. The minimum atomic E-state index is -1.01. The van der Waals surface area contributed by atoms with E-state index < -0.39 is 90.9 Å². The van der Waals surface area contributed by atoms with Crippen molar-refractivity contribution in [1.82, 2.24) is 0 Å². The molecule has 14 nitrogen and oxygen atoms in total. The normalized spacial score (nSPS) is 55.5. The second kappa shape index (κ2) is 15.1. The number of aliphatic hydroxyl groups excluding tert-OH is 5. The number of rotatable bonds is 7. The van der Waals surface area contributed by atoms with Crippen LogP contribution in [0, 0.1) is 34.5 Å². The van der Waals surface area contributed by atoms with E-state index in [1.807, 2.05) is 13.8 Å². The Labute approximate surface area is 323 Å². The summed E-state index contributed by atoms with van der Waals surface area (Å²) in [5, 5.41) is 66.9. The molecule has 5 unspecified atom stereocenters. The van der Waals surface area contributed by atoms with Gasteiger partial charge in [-0.25, -0.2) is 4.79 Å². The monoisotopic (exact) mass is 780 g/mol. The van der Waals surface area contributed by atoms with Crippen molar-refractivity contribution in [2.45, 2.75) is 197 Å². The second-order valence-corrected chi connectivity index (χ2v) is 18.8. The minimum Gasteiger partial charge on any atom is -0.458 e. The molecule has 55 heavy (non-hydrogen) atoms. The van der Waals surface area contributed by atoms with Crippen molar-refractivity contribution in [3.8, 4) is 0 Å². The van der Waals surface area contributed by atoms with Gasteiger partial charge in [-0.15, -0.1) is 0 Å². The summed E-state index contributed by atoms with van der Waals surface area (Å²) >= 11 is 0. The van der Waals surface area contributed by atoms with Crippen molar-refractivity contribution < 1.29 is 68.6 Å². The highest BCUT2D eigenvalue weighted by atomic mass is 16.7. The molecule has 21 atom stereocenters.